The molecule has 88 valence electrons. The van der Waals surface area contributed by atoms with Crippen LogP contribution in [0.5, 0.6) is 5.75 Å². The Hall–Kier alpha value is -2.17. The SMILES string of the molecule is COc1cc(-c2cc(C(C)=O)on2)ccc1F. The number of halogens is 1. The summed E-state index contributed by atoms with van der Waals surface area (Å²) in [7, 11) is 1.38. The molecule has 0 bridgehead atoms. The van der Waals surface area contributed by atoms with Crippen LogP contribution in [0.25, 0.3) is 11.3 Å². The number of ether oxygens (including phenoxy) is 1. The van der Waals surface area contributed by atoms with E-state index in [1.54, 1.807) is 6.07 Å². The highest BCUT2D eigenvalue weighted by atomic mass is 19.1. The van der Waals surface area contributed by atoms with Gasteiger partial charge >= 0.3 is 0 Å². The van der Waals surface area contributed by atoms with Crippen molar-refractivity contribution < 1.29 is 18.4 Å². The van der Waals surface area contributed by atoms with Crippen LogP contribution in [0.4, 0.5) is 4.39 Å². The van der Waals surface area contributed by atoms with Crippen molar-refractivity contribution in [1.29, 1.82) is 0 Å². The molecule has 17 heavy (non-hydrogen) atoms. The Bertz CT molecular complexity index is 563. The number of rotatable bonds is 3. The lowest BCUT2D eigenvalue weighted by atomic mass is 10.1. The number of carbonyl (C=O) groups excluding carboxylic acids is 1. The molecule has 0 radical (unpaired) electrons. The van der Waals surface area contributed by atoms with Gasteiger partial charge in [0.2, 0.25) is 5.76 Å². The molecule has 5 heteroatoms. The van der Waals surface area contributed by atoms with Crippen molar-refractivity contribution in [2.45, 2.75) is 6.92 Å². The van der Waals surface area contributed by atoms with Gasteiger partial charge < -0.3 is 9.26 Å². The van der Waals surface area contributed by atoms with Crippen LogP contribution in [0, 0.1) is 5.82 Å². The molecule has 0 spiro atoms. The average molecular weight is 235 g/mol. The Morgan fingerprint density at radius 1 is 1.41 bits per heavy atom. The zero-order chi connectivity index (χ0) is 12.4. The van der Waals surface area contributed by atoms with E-state index in [-0.39, 0.29) is 17.3 Å². The Morgan fingerprint density at radius 3 is 2.76 bits per heavy atom. The molecule has 0 saturated carbocycles. The minimum Gasteiger partial charge on any atom is -0.494 e. The first-order valence-electron chi connectivity index (χ1n) is 4.93. The van der Waals surface area contributed by atoms with Crippen LogP contribution in [0.15, 0.2) is 28.8 Å². The molecule has 0 unspecified atom stereocenters. The summed E-state index contributed by atoms with van der Waals surface area (Å²) < 4.78 is 22.9. The van der Waals surface area contributed by atoms with Gasteiger partial charge in [-0.15, -0.1) is 0 Å². The van der Waals surface area contributed by atoms with Crippen molar-refractivity contribution in [3.63, 3.8) is 0 Å². The normalized spacial score (nSPS) is 10.3. The number of hydrogen-bond acceptors (Lipinski definition) is 4. The molecule has 0 aliphatic heterocycles. The molecule has 0 fully saturated rings. The summed E-state index contributed by atoms with van der Waals surface area (Å²) in [5.41, 5.74) is 1.09. The molecule has 1 aromatic heterocycles. The molecule has 0 N–H and O–H groups in total. The Kier molecular flexibility index (Phi) is 2.91. The maximum atomic E-state index is 13.2. The number of nitrogens with zero attached hydrogens (tertiary/aromatic N) is 1. The van der Waals surface area contributed by atoms with Gasteiger partial charge in [0, 0.05) is 18.6 Å². The highest BCUT2D eigenvalue weighted by Crippen LogP contribution is 2.26. The summed E-state index contributed by atoms with van der Waals surface area (Å²) in [4.78, 5) is 11.0. The van der Waals surface area contributed by atoms with Crippen LogP contribution < -0.4 is 4.74 Å². The number of benzene rings is 1. The quantitative estimate of drug-likeness (QED) is 0.767. The van der Waals surface area contributed by atoms with Crippen LogP contribution >= 0.6 is 0 Å². The second kappa shape index (κ2) is 4.37. The van der Waals surface area contributed by atoms with Crippen molar-refractivity contribution >= 4 is 5.78 Å². The van der Waals surface area contributed by atoms with Gasteiger partial charge in [-0.3, -0.25) is 4.79 Å². The van der Waals surface area contributed by atoms with Crippen LogP contribution in [0.3, 0.4) is 0 Å². The first kappa shape index (κ1) is 11.3. The second-order valence-corrected chi connectivity index (χ2v) is 3.48. The first-order valence-corrected chi connectivity index (χ1v) is 4.93. The molecule has 2 rings (SSSR count). The van der Waals surface area contributed by atoms with E-state index in [4.69, 9.17) is 9.26 Å². The predicted molar refractivity (Wildman–Crippen MR) is 58.5 cm³/mol. The highest BCUT2D eigenvalue weighted by Gasteiger charge is 2.12. The van der Waals surface area contributed by atoms with E-state index in [9.17, 15) is 9.18 Å². The third kappa shape index (κ3) is 2.18. The molecule has 0 aliphatic carbocycles. The zero-order valence-corrected chi connectivity index (χ0v) is 9.36. The lowest BCUT2D eigenvalue weighted by Crippen LogP contribution is -1.89. The molecule has 0 saturated heterocycles. The van der Waals surface area contributed by atoms with Crippen LogP contribution in [0.2, 0.25) is 0 Å². The minimum atomic E-state index is -0.452. The third-order valence-electron chi connectivity index (χ3n) is 2.30. The van der Waals surface area contributed by atoms with Gasteiger partial charge in [0.1, 0.15) is 5.69 Å². The van der Waals surface area contributed by atoms with Crippen molar-refractivity contribution in [3.05, 3.63) is 35.8 Å². The van der Waals surface area contributed by atoms with Gasteiger partial charge in [0.25, 0.3) is 0 Å². The van der Waals surface area contributed by atoms with Crippen molar-refractivity contribution in [2.24, 2.45) is 0 Å². The number of ketones is 1. The fourth-order valence-corrected chi connectivity index (χ4v) is 1.40. The van der Waals surface area contributed by atoms with Gasteiger partial charge in [-0.2, -0.15) is 0 Å². The van der Waals surface area contributed by atoms with Crippen molar-refractivity contribution in [2.75, 3.05) is 7.11 Å². The molecule has 1 heterocycles. The fraction of sp³-hybridized carbons (Fsp3) is 0.167. The van der Waals surface area contributed by atoms with Gasteiger partial charge in [-0.1, -0.05) is 5.16 Å². The average Bonchev–Trinajstić information content (AvgIpc) is 2.79. The molecular weight excluding hydrogens is 225 g/mol. The molecule has 0 aliphatic rings. The van der Waals surface area contributed by atoms with E-state index in [1.807, 2.05) is 0 Å². The van der Waals surface area contributed by atoms with E-state index in [0.717, 1.165) is 0 Å². The molecule has 0 amide bonds. The number of aromatic nitrogens is 1. The number of Topliss-reactive ketones (excluding diaryl/α,β-unsaturated/α-hetero) is 1. The largest absolute Gasteiger partial charge is 0.494 e. The van der Waals surface area contributed by atoms with E-state index in [0.29, 0.717) is 11.3 Å². The zero-order valence-electron chi connectivity index (χ0n) is 9.36. The second-order valence-electron chi connectivity index (χ2n) is 3.48. The molecule has 4 nitrogen and oxygen atoms in total. The van der Waals surface area contributed by atoms with Gasteiger partial charge in [0.15, 0.2) is 17.3 Å². The molecular formula is C12H10FNO3. The van der Waals surface area contributed by atoms with Crippen LogP contribution in [-0.2, 0) is 0 Å². The van der Waals surface area contributed by atoms with E-state index in [1.165, 1.54) is 32.2 Å². The topological polar surface area (TPSA) is 52.3 Å². The summed E-state index contributed by atoms with van der Waals surface area (Å²) in [6, 6.07) is 5.82. The molecule has 1 aromatic carbocycles. The summed E-state index contributed by atoms with van der Waals surface area (Å²) >= 11 is 0. The Balaban J connectivity index is 2.42. The van der Waals surface area contributed by atoms with Gasteiger partial charge in [0.05, 0.1) is 7.11 Å². The number of methoxy groups -OCH3 is 1. The maximum absolute atomic E-state index is 13.2. The van der Waals surface area contributed by atoms with Crippen LogP contribution in [-0.4, -0.2) is 18.0 Å². The fourth-order valence-electron chi connectivity index (χ4n) is 1.40. The lowest BCUT2D eigenvalue weighted by molar-refractivity contribution is 0.0978. The van der Waals surface area contributed by atoms with E-state index < -0.39 is 5.82 Å². The highest BCUT2D eigenvalue weighted by molar-refractivity contribution is 5.92. The van der Waals surface area contributed by atoms with Gasteiger partial charge in [-0.25, -0.2) is 4.39 Å². The molecule has 0 atom stereocenters. The summed E-state index contributed by atoms with van der Waals surface area (Å²) in [5.74, 6) is -0.373. The smallest absolute Gasteiger partial charge is 0.202 e. The summed E-state index contributed by atoms with van der Waals surface area (Å²) in [5, 5.41) is 3.74. The van der Waals surface area contributed by atoms with Gasteiger partial charge in [-0.05, 0) is 18.2 Å². The van der Waals surface area contributed by atoms with E-state index >= 15 is 0 Å². The lowest BCUT2D eigenvalue weighted by Gasteiger charge is -2.02. The predicted octanol–water partition coefficient (Wildman–Crippen LogP) is 2.69. The first-order chi connectivity index (χ1) is 8.11. The summed E-state index contributed by atoms with van der Waals surface area (Å²) in [6.07, 6.45) is 0. The third-order valence-corrected chi connectivity index (χ3v) is 2.30. The van der Waals surface area contributed by atoms with Crippen LogP contribution in [0.1, 0.15) is 17.5 Å². The minimum absolute atomic E-state index is 0.120. The Morgan fingerprint density at radius 2 is 2.18 bits per heavy atom. The van der Waals surface area contributed by atoms with E-state index in [2.05, 4.69) is 5.16 Å². The molecule has 2 aromatic rings. The maximum Gasteiger partial charge on any atom is 0.202 e. The monoisotopic (exact) mass is 235 g/mol. The van der Waals surface area contributed by atoms with Crippen molar-refractivity contribution in [3.8, 4) is 17.0 Å². The Labute approximate surface area is 97.0 Å². The number of hydrogen-bond donors (Lipinski definition) is 0. The number of carbonyl (C=O) groups is 1. The standard InChI is InChI=1S/C12H10FNO3/c1-7(15)11-6-10(14-17-11)8-3-4-9(13)12(5-8)16-2/h3-6H,1-2H3. The van der Waals surface area contributed by atoms with Crippen molar-refractivity contribution in [1.82, 2.24) is 5.16 Å². The summed E-state index contributed by atoms with van der Waals surface area (Å²) in [6.45, 7) is 1.38.